The molecule has 2 aromatic heterocycles. The lowest BCUT2D eigenvalue weighted by Gasteiger charge is -2.04. The summed E-state index contributed by atoms with van der Waals surface area (Å²) in [6.45, 7) is 4.28. The second-order valence-corrected chi connectivity index (χ2v) is 5.60. The average molecular weight is 329 g/mol. The van der Waals surface area contributed by atoms with Gasteiger partial charge >= 0.3 is 11.7 Å². The van der Waals surface area contributed by atoms with Crippen LogP contribution < -0.4 is 5.69 Å². The molecule has 7 nitrogen and oxygen atoms in total. The molecule has 0 atom stereocenters. The minimum absolute atomic E-state index is 0.0263. The van der Waals surface area contributed by atoms with E-state index in [4.69, 9.17) is 9.26 Å². The SMILES string of the molecule is CCCn1c(=O)n(CC(=O)OCc2cc(C)on2)c2ccccc21. The fourth-order valence-electron chi connectivity index (χ4n) is 2.68. The Morgan fingerprint density at radius 2 is 1.96 bits per heavy atom. The number of nitrogens with zero attached hydrogens (tertiary/aromatic N) is 3. The van der Waals surface area contributed by atoms with Gasteiger partial charge in [-0.2, -0.15) is 0 Å². The second-order valence-electron chi connectivity index (χ2n) is 5.60. The molecule has 0 saturated carbocycles. The van der Waals surface area contributed by atoms with Gasteiger partial charge in [0.1, 0.15) is 24.6 Å². The third-order valence-electron chi connectivity index (χ3n) is 3.72. The summed E-state index contributed by atoms with van der Waals surface area (Å²) in [6, 6.07) is 9.14. The standard InChI is InChI=1S/C17H19N3O4/c1-3-8-19-14-6-4-5-7-15(14)20(17(19)22)10-16(21)23-11-13-9-12(2)24-18-13/h4-7,9H,3,8,10-11H2,1-2H3. The predicted molar refractivity (Wildman–Crippen MR) is 87.5 cm³/mol. The van der Waals surface area contributed by atoms with Crippen LogP contribution in [0.25, 0.3) is 11.0 Å². The molecule has 0 aliphatic heterocycles. The van der Waals surface area contributed by atoms with E-state index in [0.717, 1.165) is 17.5 Å². The molecule has 3 rings (SSSR count). The fraction of sp³-hybridized carbons (Fsp3) is 0.353. The van der Waals surface area contributed by atoms with E-state index in [2.05, 4.69) is 5.16 Å². The van der Waals surface area contributed by atoms with Gasteiger partial charge in [0, 0.05) is 12.6 Å². The number of fused-ring (bicyclic) bond motifs is 1. The summed E-state index contributed by atoms with van der Waals surface area (Å²) in [6.07, 6.45) is 0.837. The van der Waals surface area contributed by atoms with Gasteiger partial charge in [0.25, 0.3) is 0 Å². The first-order chi connectivity index (χ1) is 11.6. The lowest BCUT2D eigenvalue weighted by Crippen LogP contribution is -2.27. The average Bonchev–Trinajstić information content (AvgIpc) is 3.10. The predicted octanol–water partition coefficient (Wildman–Crippen LogP) is 2.25. The van der Waals surface area contributed by atoms with Crippen molar-refractivity contribution in [1.82, 2.24) is 14.3 Å². The largest absolute Gasteiger partial charge is 0.458 e. The van der Waals surface area contributed by atoms with Crippen molar-refractivity contribution in [1.29, 1.82) is 0 Å². The van der Waals surface area contributed by atoms with E-state index in [1.54, 1.807) is 17.6 Å². The topological polar surface area (TPSA) is 79.3 Å². The van der Waals surface area contributed by atoms with Crippen LogP contribution in [0.3, 0.4) is 0 Å². The van der Waals surface area contributed by atoms with Crippen LogP contribution >= 0.6 is 0 Å². The summed E-state index contributed by atoms with van der Waals surface area (Å²) in [4.78, 5) is 24.7. The van der Waals surface area contributed by atoms with Crippen molar-refractivity contribution in [3.05, 3.63) is 52.3 Å². The maximum absolute atomic E-state index is 12.6. The quantitative estimate of drug-likeness (QED) is 0.648. The first-order valence-corrected chi connectivity index (χ1v) is 7.86. The second kappa shape index (κ2) is 6.74. The highest BCUT2D eigenvalue weighted by molar-refractivity contribution is 5.78. The Hall–Kier alpha value is -2.83. The van der Waals surface area contributed by atoms with E-state index >= 15 is 0 Å². The number of carbonyl (C=O) groups excluding carboxylic acids is 1. The molecule has 0 saturated heterocycles. The van der Waals surface area contributed by atoms with E-state index in [9.17, 15) is 9.59 Å². The van der Waals surface area contributed by atoms with E-state index < -0.39 is 5.97 Å². The van der Waals surface area contributed by atoms with Gasteiger partial charge in [0.2, 0.25) is 0 Å². The van der Waals surface area contributed by atoms with Gasteiger partial charge in [0.05, 0.1) is 11.0 Å². The van der Waals surface area contributed by atoms with Crippen molar-refractivity contribution in [2.24, 2.45) is 0 Å². The zero-order valence-corrected chi connectivity index (χ0v) is 13.7. The van der Waals surface area contributed by atoms with Crippen molar-refractivity contribution in [2.75, 3.05) is 0 Å². The molecule has 3 aromatic rings. The molecule has 0 N–H and O–H groups in total. The Bertz CT molecular complexity index is 919. The molecule has 2 heterocycles. The number of ether oxygens (including phenoxy) is 1. The summed E-state index contributed by atoms with van der Waals surface area (Å²) in [5, 5.41) is 3.77. The first kappa shape index (κ1) is 16.0. The monoisotopic (exact) mass is 329 g/mol. The number of esters is 1. The number of benzene rings is 1. The van der Waals surface area contributed by atoms with Crippen LogP contribution in [-0.4, -0.2) is 20.3 Å². The lowest BCUT2D eigenvalue weighted by atomic mass is 10.3. The van der Waals surface area contributed by atoms with Crippen molar-refractivity contribution in [3.8, 4) is 0 Å². The first-order valence-electron chi connectivity index (χ1n) is 7.86. The molecule has 0 amide bonds. The Morgan fingerprint density at radius 1 is 1.25 bits per heavy atom. The maximum Gasteiger partial charge on any atom is 0.329 e. The number of aromatic nitrogens is 3. The molecule has 126 valence electrons. The molecule has 0 bridgehead atoms. The van der Waals surface area contributed by atoms with Crippen LogP contribution in [0.15, 0.2) is 39.6 Å². The normalized spacial score (nSPS) is 11.1. The number of hydrogen-bond acceptors (Lipinski definition) is 5. The van der Waals surface area contributed by atoms with Crippen LogP contribution in [0.1, 0.15) is 24.8 Å². The van der Waals surface area contributed by atoms with Crippen molar-refractivity contribution >= 4 is 17.0 Å². The molecule has 0 aliphatic carbocycles. The molecular weight excluding hydrogens is 310 g/mol. The Kier molecular flexibility index (Phi) is 4.50. The third kappa shape index (κ3) is 3.10. The zero-order chi connectivity index (χ0) is 17.1. The van der Waals surface area contributed by atoms with Gasteiger partial charge in [0.15, 0.2) is 0 Å². The van der Waals surface area contributed by atoms with E-state index in [0.29, 0.717) is 18.0 Å². The summed E-state index contributed by atoms with van der Waals surface area (Å²) in [5.74, 6) is 0.164. The summed E-state index contributed by atoms with van der Waals surface area (Å²) < 4.78 is 13.2. The number of hydrogen-bond donors (Lipinski definition) is 0. The van der Waals surface area contributed by atoms with Crippen molar-refractivity contribution in [3.63, 3.8) is 0 Å². The Balaban J connectivity index is 1.80. The lowest BCUT2D eigenvalue weighted by molar-refractivity contribution is -0.145. The van der Waals surface area contributed by atoms with E-state index in [1.807, 2.05) is 31.2 Å². The molecule has 0 radical (unpaired) electrons. The van der Waals surface area contributed by atoms with Crippen LogP contribution in [0, 0.1) is 6.92 Å². The van der Waals surface area contributed by atoms with Gasteiger partial charge in [-0.25, -0.2) is 4.79 Å². The van der Waals surface area contributed by atoms with Crippen LogP contribution in [0.2, 0.25) is 0 Å². The fourth-order valence-corrected chi connectivity index (χ4v) is 2.68. The van der Waals surface area contributed by atoms with Gasteiger partial charge in [-0.05, 0) is 25.5 Å². The number of para-hydroxylation sites is 2. The summed E-state index contributed by atoms with van der Waals surface area (Å²) in [5.41, 5.74) is 1.89. The summed E-state index contributed by atoms with van der Waals surface area (Å²) >= 11 is 0. The molecule has 0 spiro atoms. The summed E-state index contributed by atoms with van der Waals surface area (Å²) in [7, 11) is 0. The number of aryl methyl sites for hydroxylation is 2. The highest BCUT2D eigenvalue weighted by Gasteiger charge is 2.16. The molecule has 0 aliphatic rings. The molecular formula is C17H19N3O4. The van der Waals surface area contributed by atoms with Gasteiger partial charge in [-0.3, -0.25) is 13.9 Å². The maximum atomic E-state index is 12.6. The third-order valence-corrected chi connectivity index (χ3v) is 3.72. The smallest absolute Gasteiger partial charge is 0.329 e. The van der Waals surface area contributed by atoms with Gasteiger partial charge in [-0.15, -0.1) is 0 Å². The van der Waals surface area contributed by atoms with Gasteiger partial charge in [-0.1, -0.05) is 24.2 Å². The van der Waals surface area contributed by atoms with Gasteiger partial charge < -0.3 is 9.26 Å². The number of carbonyl (C=O) groups is 1. The molecule has 0 unspecified atom stereocenters. The van der Waals surface area contributed by atoms with Crippen LogP contribution in [0.5, 0.6) is 0 Å². The number of imidazole rings is 1. The molecule has 0 fully saturated rings. The molecule has 7 heteroatoms. The van der Waals surface area contributed by atoms with E-state index in [-0.39, 0.29) is 18.8 Å². The highest BCUT2D eigenvalue weighted by Crippen LogP contribution is 2.13. The minimum atomic E-state index is -0.489. The zero-order valence-electron chi connectivity index (χ0n) is 13.7. The molecule has 24 heavy (non-hydrogen) atoms. The Morgan fingerprint density at radius 3 is 2.58 bits per heavy atom. The van der Waals surface area contributed by atoms with Crippen molar-refractivity contribution < 1.29 is 14.1 Å². The minimum Gasteiger partial charge on any atom is -0.458 e. The van der Waals surface area contributed by atoms with Crippen LogP contribution in [0.4, 0.5) is 0 Å². The van der Waals surface area contributed by atoms with E-state index in [1.165, 1.54) is 4.57 Å². The number of rotatable bonds is 6. The van der Waals surface area contributed by atoms with Crippen molar-refractivity contribution in [2.45, 2.75) is 40.0 Å². The Labute approximate surface area is 138 Å². The van der Waals surface area contributed by atoms with Crippen LogP contribution in [-0.2, 0) is 29.2 Å². The highest BCUT2D eigenvalue weighted by atomic mass is 16.5. The molecule has 1 aromatic carbocycles.